The normalized spacial score (nSPS) is 11.4. The summed E-state index contributed by atoms with van der Waals surface area (Å²) in [5.41, 5.74) is 3.20. The molecule has 0 unspecified atom stereocenters. The molecule has 29 heavy (non-hydrogen) atoms. The molecule has 0 atom stereocenters. The van der Waals surface area contributed by atoms with E-state index in [2.05, 4.69) is 20.8 Å². The van der Waals surface area contributed by atoms with Crippen LogP contribution in [-0.2, 0) is 5.41 Å². The second kappa shape index (κ2) is 8.70. The van der Waals surface area contributed by atoms with Gasteiger partial charge in [-0.1, -0.05) is 81.4 Å². The minimum Gasteiger partial charge on any atom is -0.423 e. The van der Waals surface area contributed by atoms with Crippen molar-refractivity contribution in [2.75, 3.05) is 0 Å². The van der Waals surface area contributed by atoms with Crippen molar-refractivity contribution in [2.24, 2.45) is 0 Å². The number of ether oxygens (including phenoxy) is 1. The van der Waals surface area contributed by atoms with Crippen LogP contribution in [-0.4, -0.2) is 11.8 Å². The van der Waals surface area contributed by atoms with E-state index in [0.29, 0.717) is 16.9 Å². The van der Waals surface area contributed by atoms with Crippen LogP contribution >= 0.6 is 0 Å². The maximum Gasteiger partial charge on any atom is 0.343 e. The molecule has 3 aromatic carbocycles. The van der Waals surface area contributed by atoms with Gasteiger partial charge in [-0.2, -0.15) is 0 Å². The van der Waals surface area contributed by atoms with E-state index in [0.717, 1.165) is 11.1 Å². The van der Waals surface area contributed by atoms with Crippen molar-refractivity contribution in [1.82, 2.24) is 0 Å². The summed E-state index contributed by atoms with van der Waals surface area (Å²) >= 11 is 0. The fraction of sp³-hybridized carbons (Fsp3) is 0.154. The van der Waals surface area contributed by atoms with Crippen molar-refractivity contribution in [2.45, 2.75) is 26.2 Å². The number of benzene rings is 3. The van der Waals surface area contributed by atoms with E-state index < -0.39 is 5.97 Å². The Hall–Kier alpha value is -3.46. The van der Waals surface area contributed by atoms with Crippen LogP contribution < -0.4 is 4.74 Å². The number of ketones is 1. The minimum atomic E-state index is -0.395. The molecule has 0 spiro atoms. The summed E-state index contributed by atoms with van der Waals surface area (Å²) in [5, 5.41) is 0. The van der Waals surface area contributed by atoms with Crippen molar-refractivity contribution < 1.29 is 14.3 Å². The maximum absolute atomic E-state index is 12.4. The lowest BCUT2D eigenvalue weighted by Gasteiger charge is -2.18. The van der Waals surface area contributed by atoms with Crippen molar-refractivity contribution in [3.8, 4) is 5.75 Å². The molecular formula is C26H24O3. The van der Waals surface area contributed by atoms with Gasteiger partial charge in [-0.15, -0.1) is 0 Å². The summed E-state index contributed by atoms with van der Waals surface area (Å²) in [7, 11) is 0. The zero-order chi connectivity index (χ0) is 20.9. The van der Waals surface area contributed by atoms with Crippen LogP contribution in [0.25, 0.3) is 6.08 Å². The van der Waals surface area contributed by atoms with Gasteiger partial charge >= 0.3 is 5.97 Å². The highest BCUT2D eigenvalue weighted by Gasteiger charge is 2.15. The first kappa shape index (κ1) is 20.3. The third kappa shape index (κ3) is 5.52. The first-order chi connectivity index (χ1) is 13.8. The number of hydrogen-bond donors (Lipinski definition) is 0. The molecule has 0 aliphatic carbocycles. The predicted octanol–water partition coefficient (Wildman–Crippen LogP) is 6.10. The zero-order valence-corrected chi connectivity index (χ0v) is 16.9. The molecule has 3 rings (SSSR count). The smallest absolute Gasteiger partial charge is 0.343 e. The van der Waals surface area contributed by atoms with Crippen molar-refractivity contribution in [1.29, 1.82) is 0 Å². The largest absolute Gasteiger partial charge is 0.423 e. The van der Waals surface area contributed by atoms with Crippen LogP contribution in [0.15, 0.2) is 84.9 Å². The summed E-state index contributed by atoms with van der Waals surface area (Å²) in [6, 6.07) is 23.6. The number of allylic oxidation sites excluding steroid dienone is 1. The van der Waals surface area contributed by atoms with E-state index in [1.165, 1.54) is 6.08 Å². The van der Waals surface area contributed by atoms with Crippen LogP contribution in [0.3, 0.4) is 0 Å². The Labute approximate surface area is 171 Å². The fourth-order valence-corrected chi connectivity index (χ4v) is 2.79. The molecule has 0 fully saturated rings. The van der Waals surface area contributed by atoms with Gasteiger partial charge in [-0.3, -0.25) is 4.79 Å². The van der Waals surface area contributed by atoms with Gasteiger partial charge in [0.05, 0.1) is 5.56 Å². The molecule has 146 valence electrons. The standard InChI is InChI=1S/C26H24O3/c1-26(2,3)22-14-12-21(13-15-22)25(28)29-23-16-9-19(10-17-23)11-18-24(27)20-7-5-4-6-8-20/h4-18H,1-3H3. The van der Waals surface area contributed by atoms with Crippen LogP contribution in [0.2, 0.25) is 0 Å². The number of carbonyl (C=O) groups is 2. The Morgan fingerprint density at radius 2 is 1.38 bits per heavy atom. The van der Waals surface area contributed by atoms with E-state index in [9.17, 15) is 9.59 Å². The molecule has 3 heteroatoms. The highest BCUT2D eigenvalue weighted by Crippen LogP contribution is 2.23. The minimum absolute atomic E-state index is 0.0354. The van der Waals surface area contributed by atoms with Gasteiger partial charge in [0.1, 0.15) is 5.75 Å². The van der Waals surface area contributed by atoms with Crippen molar-refractivity contribution in [3.63, 3.8) is 0 Å². The summed E-state index contributed by atoms with van der Waals surface area (Å²) in [6.45, 7) is 6.39. The number of esters is 1. The van der Waals surface area contributed by atoms with Crippen molar-refractivity contribution >= 4 is 17.8 Å². The average molecular weight is 384 g/mol. The van der Waals surface area contributed by atoms with Gasteiger partial charge in [-0.05, 0) is 46.9 Å². The molecule has 0 aliphatic rings. The lowest BCUT2D eigenvalue weighted by Crippen LogP contribution is -2.12. The Bertz CT molecular complexity index is 1010. The second-order valence-electron chi connectivity index (χ2n) is 7.85. The molecule has 0 bridgehead atoms. The van der Waals surface area contributed by atoms with Crippen LogP contribution in [0.1, 0.15) is 52.6 Å². The van der Waals surface area contributed by atoms with E-state index in [-0.39, 0.29) is 11.2 Å². The van der Waals surface area contributed by atoms with Crippen LogP contribution in [0, 0.1) is 0 Å². The molecule has 3 nitrogen and oxygen atoms in total. The Kier molecular flexibility index (Phi) is 6.08. The van der Waals surface area contributed by atoms with Gasteiger partial charge in [0.2, 0.25) is 0 Å². The first-order valence-electron chi connectivity index (χ1n) is 9.53. The Morgan fingerprint density at radius 3 is 1.97 bits per heavy atom. The molecule has 0 saturated carbocycles. The number of hydrogen-bond acceptors (Lipinski definition) is 3. The molecule has 3 aromatic rings. The predicted molar refractivity (Wildman–Crippen MR) is 116 cm³/mol. The second-order valence-corrected chi connectivity index (χ2v) is 7.85. The first-order valence-corrected chi connectivity index (χ1v) is 9.53. The van der Waals surface area contributed by atoms with Crippen LogP contribution in [0.5, 0.6) is 5.75 Å². The molecular weight excluding hydrogens is 360 g/mol. The van der Waals surface area contributed by atoms with E-state index >= 15 is 0 Å². The van der Waals surface area contributed by atoms with Gasteiger partial charge in [-0.25, -0.2) is 4.79 Å². The summed E-state index contributed by atoms with van der Waals surface area (Å²) < 4.78 is 5.45. The molecule has 0 aromatic heterocycles. The maximum atomic E-state index is 12.4. The average Bonchev–Trinajstić information content (AvgIpc) is 2.73. The Morgan fingerprint density at radius 1 is 0.759 bits per heavy atom. The third-order valence-corrected chi connectivity index (χ3v) is 4.56. The van der Waals surface area contributed by atoms with Gasteiger partial charge < -0.3 is 4.74 Å². The van der Waals surface area contributed by atoms with E-state index in [1.807, 2.05) is 30.3 Å². The SMILES string of the molecule is CC(C)(C)c1ccc(C(=O)Oc2ccc(C=CC(=O)c3ccccc3)cc2)cc1. The van der Waals surface area contributed by atoms with E-state index in [4.69, 9.17) is 4.74 Å². The number of carbonyl (C=O) groups excluding carboxylic acids is 2. The highest BCUT2D eigenvalue weighted by atomic mass is 16.5. The van der Waals surface area contributed by atoms with Gasteiger partial charge in [0.15, 0.2) is 5.78 Å². The molecule has 0 amide bonds. The van der Waals surface area contributed by atoms with Crippen LogP contribution in [0.4, 0.5) is 0 Å². The molecule has 0 N–H and O–H groups in total. The summed E-state index contributed by atoms with van der Waals surface area (Å²) in [5.74, 6) is 0.00856. The van der Waals surface area contributed by atoms with Gasteiger partial charge in [0.25, 0.3) is 0 Å². The quantitative estimate of drug-likeness (QED) is 0.231. The third-order valence-electron chi connectivity index (χ3n) is 4.56. The van der Waals surface area contributed by atoms with Crippen molar-refractivity contribution in [3.05, 3.63) is 107 Å². The fourth-order valence-electron chi connectivity index (χ4n) is 2.79. The Balaban J connectivity index is 1.62. The highest BCUT2D eigenvalue weighted by molar-refractivity contribution is 6.06. The lowest BCUT2D eigenvalue weighted by molar-refractivity contribution is 0.0734. The summed E-state index contributed by atoms with van der Waals surface area (Å²) in [4.78, 5) is 24.5. The topological polar surface area (TPSA) is 43.4 Å². The molecule has 0 heterocycles. The summed E-state index contributed by atoms with van der Waals surface area (Å²) in [6.07, 6.45) is 3.28. The molecule has 0 saturated heterocycles. The number of rotatable bonds is 5. The molecule has 0 radical (unpaired) electrons. The van der Waals surface area contributed by atoms with Gasteiger partial charge in [0, 0.05) is 5.56 Å². The zero-order valence-electron chi connectivity index (χ0n) is 16.9. The van der Waals surface area contributed by atoms with E-state index in [1.54, 1.807) is 54.6 Å². The molecule has 0 aliphatic heterocycles. The monoisotopic (exact) mass is 384 g/mol. The lowest BCUT2D eigenvalue weighted by atomic mass is 9.87.